The first-order valence-electron chi connectivity index (χ1n) is 6.70. The summed E-state index contributed by atoms with van der Waals surface area (Å²) in [6.07, 6.45) is 4.43. The summed E-state index contributed by atoms with van der Waals surface area (Å²) >= 11 is 0. The zero-order chi connectivity index (χ0) is 13.6. The minimum Gasteiger partial charge on any atom is -0.392 e. The van der Waals surface area contributed by atoms with Gasteiger partial charge >= 0.3 is 0 Å². The lowest BCUT2D eigenvalue weighted by Gasteiger charge is -2.17. The molecule has 3 rings (SSSR count). The van der Waals surface area contributed by atoms with Crippen molar-refractivity contribution in [1.82, 2.24) is 14.9 Å². The van der Waals surface area contributed by atoms with E-state index in [1.54, 1.807) is 6.92 Å². The Hall–Kier alpha value is -0.920. The molecular formula is C12H19N3O3S. The molecule has 19 heavy (non-hydrogen) atoms. The summed E-state index contributed by atoms with van der Waals surface area (Å²) in [4.78, 5) is 0. The van der Waals surface area contributed by atoms with Crippen molar-refractivity contribution in [3.63, 3.8) is 0 Å². The van der Waals surface area contributed by atoms with Crippen LogP contribution in [0.25, 0.3) is 0 Å². The van der Waals surface area contributed by atoms with E-state index in [-0.39, 0.29) is 17.7 Å². The van der Waals surface area contributed by atoms with Gasteiger partial charge in [-0.05, 0) is 44.4 Å². The number of H-pyrrole nitrogens is 1. The molecule has 0 saturated heterocycles. The number of hydrogen-bond acceptors (Lipinski definition) is 4. The van der Waals surface area contributed by atoms with Gasteiger partial charge in [0.05, 0.1) is 6.61 Å². The van der Waals surface area contributed by atoms with Crippen molar-refractivity contribution in [3.05, 3.63) is 11.3 Å². The smallest absolute Gasteiger partial charge is 0.260 e. The summed E-state index contributed by atoms with van der Waals surface area (Å²) in [5, 5.41) is 15.7. The van der Waals surface area contributed by atoms with Crippen molar-refractivity contribution in [3.8, 4) is 0 Å². The van der Waals surface area contributed by atoms with E-state index < -0.39 is 10.0 Å². The van der Waals surface area contributed by atoms with Gasteiger partial charge in [0.2, 0.25) is 0 Å². The van der Waals surface area contributed by atoms with Crippen LogP contribution in [-0.2, 0) is 16.6 Å². The van der Waals surface area contributed by atoms with Crippen LogP contribution in [0.2, 0.25) is 0 Å². The van der Waals surface area contributed by atoms with E-state index in [0.29, 0.717) is 23.1 Å². The molecule has 2 saturated carbocycles. The van der Waals surface area contributed by atoms with E-state index in [1.165, 1.54) is 0 Å². The van der Waals surface area contributed by atoms with E-state index in [1.807, 2.05) is 0 Å². The number of aryl methyl sites for hydroxylation is 1. The Morgan fingerprint density at radius 2 is 1.95 bits per heavy atom. The molecule has 3 N–H and O–H groups in total. The number of aromatic nitrogens is 2. The second-order valence-corrected chi connectivity index (χ2v) is 7.24. The maximum Gasteiger partial charge on any atom is 0.260 e. The van der Waals surface area contributed by atoms with Crippen LogP contribution in [0.15, 0.2) is 5.03 Å². The Labute approximate surface area is 112 Å². The highest BCUT2D eigenvalue weighted by molar-refractivity contribution is 7.89. The number of sulfonamides is 1. The number of aliphatic hydroxyl groups is 1. The number of hydrogen-bond donors (Lipinski definition) is 3. The summed E-state index contributed by atoms with van der Waals surface area (Å²) in [5.74, 6) is 0.972. The van der Waals surface area contributed by atoms with Gasteiger partial charge in [-0.1, -0.05) is 0 Å². The summed E-state index contributed by atoms with van der Waals surface area (Å²) in [6, 6.07) is 0.0496. The Morgan fingerprint density at radius 1 is 1.37 bits per heavy atom. The third-order valence-electron chi connectivity index (χ3n) is 4.00. The molecule has 2 aliphatic rings. The Kier molecular flexibility index (Phi) is 3.15. The first-order chi connectivity index (χ1) is 9.03. The summed E-state index contributed by atoms with van der Waals surface area (Å²) in [5.41, 5.74) is 0.954. The maximum absolute atomic E-state index is 12.4. The molecule has 1 aromatic heterocycles. The number of aliphatic hydroxyl groups excluding tert-OH is 1. The average Bonchev–Trinajstić information content (AvgIpc) is 3.24. The van der Waals surface area contributed by atoms with Crippen molar-refractivity contribution in [2.24, 2.45) is 11.8 Å². The van der Waals surface area contributed by atoms with Crippen LogP contribution in [0, 0.1) is 18.8 Å². The van der Waals surface area contributed by atoms with Crippen molar-refractivity contribution in [1.29, 1.82) is 0 Å². The van der Waals surface area contributed by atoms with Crippen LogP contribution in [-0.4, -0.2) is 29.8 Å². The monoisotopic (exact) mass is 285 g/mol. The normalized spacial score (nSPS) is 20.2. The standard InChI is InChI=1S/C12H19N3O3S/c1-7-10(6-16)12(14-13-7)19(17,18)15-11(8-2-3-8)9-4-5-9/h8-9,11,15-16H,2-6H2,1H3,(H,13,14). The van der Waals surface area contributed by atoms with Crippen LogP contribution in [0.1, 0.15) is 36.9 Å². The van der Waals surface area contributed by atoms with Crippen LogP contribution < -0.4 is 4.72 Å². The molecule has 0 atom stereocenters. The van der Waals surface area contributed by atoms with Crippen molar-refractivity contribution >= 4 is 10.0 Å². The number of nitrogens with one attached hydrogen (secondary N) is 2. The quantitative estimate of drug-likeness (QED) is 0.716. The zero-order valence-corrected chi connectivity index (χ0v) is 11.7. The molecule has 0 bridgehead atoms. The van der Waals surface area contributed by atoms with Gasteiger partial charge < -0.3 is 5.11 Å². The fourth-order valence-electron chi connectivity index (χ4n) is 2.56. The van der Waals surface area contributed by atoms with Crippen molar-refractivity contribution in [2.75, 3.05) is 0 Å². The minimum atomic E-state index is -3.64. The lowest BCUT2D eigenvalue weighted by atomic mass is 10.1. The van der Waals surface area contributed by atoms with Gasteiger partial charge in [-0.25, -0.2) is 13.1 Å². The molecule has 106 valence electrons. The molecule has 1 heterocycles. The molecular weight excluding hydrogens is 266 g/mol. The van der Waals surface area contributed by atoms with Crippen LogP contribution in [0.5, 0.6) is 0 Å². The molecule has 2 aliphatic carbocycles. The van der Waals surface area contributed by atoms with Crippen molar-refractivity contribution in [2.45, 2.75) is 50.3 Å². The first kappa shape index (κ1) is 13.1. The third kappa shape index (κ3) is 2.54. The van der Waals surface area contributed by atoms with Gasteiger partial charge in [-0.3, -0.25) is 5.10 Å². The van der Waals surface area contributed by atoms with E-state index >= 15 is 0 Å². The number of aromatic amines is 1. The second-order valence-electron chi connectivity index (χ2n) is 5.61. The average molecular weight is 285 g/mol. The van der Waals surface area contributed by atoms with E-state index in [0.717, 1.165) is 25.7 Å². The second kappa shape index (κ2) is 4.57. The zero-order valence-electron chi connectivity index (χ0n) is 10.9. The fraction of sp³-hybridized carbons (Fsp3) is 0.750. The molecule has 0 aromatic carbocycles. The minimum absolute atomic E-state index is 0.0496. The molecule has 0 amide bonds. The molecule has 7 heteroatoms. The Morgan fingerprint density at radius 3 is 2.42 bits per heavy atom. The summed E-state index contributed by atoms with van der Waals surface area (Å²) < 4.78 is 27.6. The van der Waals surface area contributed by atoms with Gasteiger partial charge in [0.25, 0.3) is 10.0 Å². The maximum atomic E-state index is 12.4. The van der Waals surface area contributed by atoms with Gasteiger partial charge in [-0.15, -0.1) is 0 Å². The predicted molar refractivity (Wildman–Crippen MR) is 68.8 cm³/mol. The SMILES string of the molecule is Cc1[nH]nc(S(=O)(=O)NC(C2CC2)C2CC2)c1CO. The van der Waals surface area contributed by atoms with Crippen LogP contribution >= 0.6 is 0 Å². The summed E-state index contributed by atoms with van der Waals surface area (Å²) in [7, 11) is -3.64. The molecule has 0 spiro atoms. The first-order valence-corrected chi connectivity index (χ1v) is 8.18. The number of rotatable bonds is 6. The molecule has 0 unspecified atom stereocenters. The highest BCUT2D eigenvalue weighted by Crippen LogP contribution is 2.45. The van der Waals surface area contributed by atoms with Crippen LogP contribution in [0.3, 0.4) is 0 Å². The molecule has 1 aromatic rings. The van der Waals surface area contributed by atoms with E-state index in [9.17, 15) is 13.5 Å². The Bertz CT molecular complexity index is 561. The van der Waals surface area contributed by atoms with Crippen LogP contribution in [0.4, 0.5) is 0 Å². The molecule has 2 fully saturated rings. The van der Waals surface area contributed by atoms with Gasteiger partial charge in [0, 0.05) is 17.3 Å². The highest BCUT2D eigenvalue weighted by Gasteiger charge is 2.44. The topological polar surface area (TPSA) is 95.1 Å². The fourth-order valence-corrected chi connectivity index (χ4v) is 4.12. The third-order valence-corrected chi connectivity index (χ3v) is 5.43. The van der Waals surface area contributed by atoms with E-state index in [2.05, 4.69) is 14.9 Å². The summed E-state index contributed by atoms with van der Waals surface area (Å²) in [6.45, 7) is 1.38. The lowest BCUT2D eigenvalue weighted by molar-refractivity contribution is 0.277. The molecule has 0 aliphatic heterocycles. The lowest BCUT2D eigenvalue weighted by Crippen LogP contribution is -2.38. The molecule has 0 radical (unpaired) electrons. The largest absolute Gasteiger partial charge is 0.392 e. The van der Waals surface area contributed by atoms with Gasteiger partial charge in [0.15, 0.2) is 5.03 Å². The number of nitrogens with zero attached hydrogens (tertiary/aromatic N) is 1. The Balaban J connectivity index is 1.85. The molecule has 6 nitrogen and oxygen atoms in total. The van der Waals surface area contributed by atoms with Gasteiger partial charge in [-0.2, -0.15) is 5.10 Å². The van der Waals surface area contributed by atoms with Gasteiger partial charge in [0.1, 0.15) is 0 Å². The highest BCUT2D eigenvalue weighted by atomic mass is 32.2. The van der Waals surface area contributed by atoms with E-state index in [4.69, 9.17) is 0 Å². The predicted octanol–water partition coefficient (Wildman–Crippen LogP) is 0.677. The van der Waals surface area contributed by atoms with Crippen molar-refractivity contribution < 1.29 is 13.5 Å².